The molecular formula is C11H20N4O. The van der Waals surface area contributed by atoms with Crippen LogP contribution in [0.4, 0.5) is 11.6 Å². The molecule has 0 saturated carbocycles. The van der Waals surface area contributed by atoms with Gasteiger partial charge < -0.3 is 16.2 Å². The standard InChI is InChI=1S/C11H20N4O/c1-7(2)4-9(16)5-13-11-8(3)10(12)14-6-15-11/h6-7,9,16H,4-5H2,1-3H3,(H3,12,13,14,15). The van der Waals surface area contributed by atoms with Crippen LogP contribution in [0, 0.1) is 12.8 Å². The third kappa shape index (κ3) is 3.66. The summed E-state index contributed by atoms with van der Waals surface area (Å²) in [7, 11) is 0. The highest BCUT2D eigenvalue weighted by Gasteiger charge is 2.09. The summed E-state index contributed by atoms with van der Waals surface area (Å²) in [6.07, 6.45) is 1.82. The fraction of sp³-hybridized carbons (Fsp3) is 0.636. The van der Waals surface area contributed by atoms with Crippen LogP contribution in [0.5, 0.6) is 0 Å². The van der Waals surface area contributed by atoms with Gasteiger partial charge in [0.25, 0.3) is 0 Å². The van der Waals surface area contributed by atoms with Crippen molar-refractivity contribution >= 4 is 11.6 Å². The van der Waals surface area contributed by atoms with Crippen LogP contribution in [0.25, 0.3) is 0 Å². The first-order valence-corrected chi connectivity index (χ1v) is 5.49. The maximum Gasteiger partial charge on any atom is 0.134 e. The number of aliphatic hydroxyl groups excluding tert-OH is 1. The lowest BCUT2D eigenvalue weighted by atomic mass is 10.1. The second kappa shape index (κ2) is 5.65. The van der Waals surface area contributed by atoms with Gasteiger partial charge in [0.05, 0.1) is 6.10 Å². The zero-order chi connectivity index (χ0) is 12.1. The van der Waals surface area contributed by atoms with E-state index >= 15 is 0 Å². The van der Waals surface area contributed by atoms with E-state index in [0.29, 0.717) is 24.1 Å². The van der Waals surface area contributed by atoms with Gasteiger partial charge in [0.2, 0.25) is 0 Å². The molecular weight excluding hydrogens is 204 g/mol. The van der Waals surface area contributed by atoms with Crippen LogP contribution >= 0.6 is 0 Å². The van der Waals surface area contributed by atoms with Gasteiger partial charge in [0, 0.05) is 12.1 Å². The van der Waals surface area contributed by atoms with E-state index in [1.807, 2.05) is 6.92 Å². The summed E-state index contributed by atoms with van der Waals surface area (Å²) in [5, 5.41) is 12.8. The lowest BCUT2D eigenvalue weighted by Gasteiger charge is -2.15. The Balaban J connectivity index is 2.51. The van der Waals surface area contributed by atoms with Crippen LogP contribution in [0.3, 0.4) is 0 Å². The molecule has 0 aromatic carbocycles. The number of rotatable bonds is 5. The van der Waals surface area contributed by atoms with E-state index in [4.69, 9.17) is 5.73 Å². The zero-order valence-electron chi connectivity index (χ0n) is 10.1. The molecule has 1 unspecified atom stereocenters. The van der Waals surface area contributed by atoms with E-state index in [9.17, 15) is 5.11 Å². The van der Waals surface area contributed by atoms with Crippen molar-refractivity contribution in [2.75, 3.05) is 17.6 Å². The van der Waals surface area contributed by atoms with E-state index in [-0.39, 0.29) is 6.10 Å². The number of nitrogens with one attached hydrogen (secondary N) is 1. The maximum atomic E-state index is 9.70. The molecule has 5 nitrogen and oxygen atoms in total. The summed E-state index contributed by atoms with van der Waals surface area (Å²) < 4.78 is 0. The molecule has 0 spiro atoms. The first-order chi connectivity index (χ1) is 7.50. The fourth-order valence-electron chi connectivity index (χ4n) is 1.48. The highest BCUT2D eigenvalue weighted by molar-refractivity contribution is 5.53. The highest BCUT2D eigenvalue weighted by atomic mass is 16.3. The van der Waals surface area contributed by atoms with Crippen molar-refractivity contribution < 1.29 is 5.11 Å². The van der Waals surface area contributed by atoms with Crippen molar-refractivity contribution in [1.82, 2.24) is 9.97 Å². The minimum atomic E-state index is -0.365. The van der Waals surface area contributed by atoms with Crippen molar-refractivity contribution in [2.24, 2.45) is 5.92 Å². The van der Waals surface area contributed by atoms with Crippen LogP contribution in [-0.4, -0.2) is 27.7 Å². The van der Waals surface area contributed by atoms with E-state index < -0.39 is 0 Å². The van der Waals surface area contributed by atoms with Crippen LogP contribution in [0.1, 0.15) is 25.8 Å². The second-order valence-electron chi connectivity index (χ2n) is 4.40. The summed E-state index contributed by atoms with van der Waals surface area (Å²) in [6.45, 7) is 6.50. The van der Waals surface area contributed by atoms with E-state index in [2.05, 4.69) is 29.1 Å². The quantitative estimate of drug-likeness (QED) is 0.699. The van der Waals surface area contributed by atoms with Crippen LogP contribution < -0.4 is 11.1 Å². The van der Waals surface area contributed by atoms with Gasteiger partial charge in [-0.05, 0) is 19.3 Å². The topological polar surface area (TPSA) is 84.1 Å². The molecule has 0 amide bonds. The van der Waals surface area contributed by atoms with Gasteiger partial charge in [-0.2, -0.15) is 0 Å². The third-order valence-corrected chi connectivity index (χ3v) is 2.37. The molecule has 90 valence electrons. The molecule has 0 aliphatic heterocycles. The van der Waals surface area contributed by atoms with Crippen molar-refractivity contribution in [3.05, 3.63) is 11.9 Å². The molecule has 1 atom stereocenters. The third-order valence-electron chi connectivity index (χ3n) is 2.37. The molecule has 1 aromatic heterocycles. The molecule has 4 N–H and O–H groups in total. The van der Waals surface area contributed by atoms with Crippen molar-refractivity contribution in [2.45, 2.75) is 33.3 Å². The number of aliphatic hydroxyl groups is 1. The van der Waals surface area contributed by atoms with Gasteiger partial charge in [-0.3, -0.25) is 0 Å². The predicted molar refractivity (Wildman–Crippen MR) is 65.1 cm³/mol. The number of anilines is 2. The van der Waals surface area contributed by atoms with E-state index in [1.54, 1.807) is 0 Å². The first kappa shape index (κ1) is 12.7. The molecule has 1 aromatic rings. The van der Waals surface area contributed by atoms with Crippen molar-refractivity contribution in [1.29, 1.82) is 0 Å². The Morgan fingerprint density at radius 2 is 2.12 bits per heavy atom. The largest absolute Gasteiger partial charge is 0.391 e. The molecule has 0 fully saturated rings. The highest BCUT2D eigenvalue weighted by Crippen LogP contribution is 2.15. The number of nitrogen functional groups attached to an aromatic ring is 1. The van der Waals surface area contributed by atoms with E-state index in [1.165, 1.54) is 6.33 Å². The molecule has 0 bridgehead atoms. The number of hydrogen-bond donors (Lipinski definition) is 3. The van der Waals surface area contributed by atoms with Gasteiger partial charge >= 0.3 is 0 Å². The minimum absolute atomic E-state index is 0.365. The molecule has 0 aliphatic rings. The minimum Gasteiger partial charge on any atom is -0.391 e. The number of hydrogen-bond acceptors (Lipinski definition) is 5. The SMILES string of the molecule is Cc1c(N)ncnc1NCC(O)CC(C)C. The lowest BCUT2D eigenvalue weighted by molar-refractivity contribution is 0.161. The predicted octanol–water partition coefficient (Wildman–Crippen LogP) is 1.19. The second-order valence-corrected chi connectivity index (χ2v) is 4.40. The van der Waals surface area contributed by atoms with Crippen LogP contribution in [0.2, 0.25) is 0 Å². The summed E-state index contributed by atoms with van der Waals surface area (Å²) in [5.74, 6) is 1.64. The Morgan fingerprint density at radius 1 is 1.44 bits per heavy atom. The summed E-state index contributed by atoms with van der Waals surface area (Å²) in [6, 6.07) is 0. The smallest absolute Gasteiger partial charge is 0.134 e. The molecule has 1 rings (SSSR count). The van der Waals surface area contributed by atoms with Gasteiger partial charge in [-0.15, -0.1) is 0 Å². The van der Waals surface area contributed by atoms with Gasteiger partial charge in [0.1, 0.15) is 18.0 Å². The van der Waals surface area contributed by atoms with Gasteiger partial charge in [0.15, 0.2) is 0 Å². The molecule has 5 heteroatoms. The zero-order valence-corrected chi connectivity index (χ0v) is 10.1. The summed E-state index contributed by atoms with van der Waals surface area (Å²) in [4.78, 5) is 7.96. The molecule has 16 heavy (non-hydrogen) atoms. The summed E-state index contributed by atoms with van der Waals surface area (Å²) >= 11 is 0. The number of aromatic nitrogens is 2. The van der Waals surface area contributed by atoms with Crippen LogP contribution in [-0.2, 0) is 0 Å². The average Bonchev–Trinajstić information content (AvgIpc) is 2.19. The Morgan fingerprint density at radius 3 is 2.75 bits per heavy atom. The fourth-order valence-corrected chi connectivity index (χ4v) is 1.48. The monoisotopic (exact) mass is 224 g/mol. The van der Waals surface area contributed by atoms with Crippen LogP contribution in [0.15, 0.2) is 6.33 Å². The molecule has 0 aliphatic carbocycles. The number of nitrogens with zero attached hydrogens (tertiary/aromatic N) is 2. The Kier molecular flexibility index (Phi) is 4.49. The molecule has 0 radical (unpaired) electrons. The van der Waals surface area contributed by atoms with Gasteiger partial charge in [-0.25, -0.2) is 9.97 Å². The average molecular weight is 224 g/mol. The molecule has 0 saturated heterocycles. The summed E-state index contributed by atoms with van der Waals surface area (Å²) in [5.41, 5.74) is 6.47. The Labute approximate surface area is 96.1 Å². The van der Waals surface area contributed by atoms with E-state index in [0.717, 1.165) is 12.0 Å². The van der Waals surface area contributed by atoms with Gasteiger partial charge in [-0.1, -0.05) is 13.8 Å². The lowest BCUT2D eigenvalue weighted by Crippen LogP contribution is -2.22. The Bertz CT molecular complexity index is 341. The first-order valence-electron chi connectivity index (χ1n) is 5.49. The molecule has 1 heterocycles. The van der Waals surface area contributed by atoms with Crippen molar-refractivity contribution in [3.63, 3.8) is 0 Å². The maximum absolute atomic E-state index is 9.70. The Hall–Kier alpha value is -1.36. The normalized spacial score (nSPS) is 12.8. The number of nitrogens with two attached hydrogens (primary N) is 1. The van der Waals surface area contributed by atoms with Crippen molar-refractivity contribution in [3.8, 4) is 0 Å².